The molecule has 0 radical (unpaired) electrons. The van der Waals surface area contributed by atoms with Crippen LogP contribution in [0.25, 0.3) is 11.1 Å². The number of fused-ring (bicyclic) bond motifs is 1. The minimum atomic E-state index is -0.110. The fourth-order valence-corrected chi connectivity index (χ4v) is 5.12. The van der Waals surface area contributed by atoms with Crippen molar-refractivity contribution in [2.45, 2.75) is 38.8 Å². The zero-order valence-corrected chi connectivity index (χ0v) is 18.8. The SMILES string of the molecule is O=C(c1cnsn1)N1CCc2c(cc(-c3ccncc3)c(=O)n2CCN2CCCCC2)C1. The van der Waals surface area contributed by atoms with Gasteiger partial charge in [-0.2, -0.15) is 8.75 Å². The van der Waals surface area contributed by atoms with Crippen molar-refractivity contribution in [2.75, 3.05) is 26.2 Å². The molecular formula is C23H26N6O2S. The Morgan fingerprint density at radius 3 is 2.62 bits per heavy atom. The minimum absolute atomic E-state index is 0.0374. The first kappa shape index (κ1) is 21.0. The van der Waals surface area contributed by atoms with Gasteiger partial charge in [-0.25, -0.2) is 0 Å². The molecule has 8 nitrogen and oxygen atoms in total. The number of rotatable bonds is 5. The molecule has 0 N–H and O–H groups in total. The van der Waals surface area contributed by atoms with Gasteiger partial charge < -0.3 is 14.4 Å². The van der Waals surface area contributed by atoms with Crippen LogP contribution in [0.1, 0.15) is 41.0 Å². The van der Waals surface area contributed by atoms with E-state index in [9.17, 15) is 9.59 Å². The lowest BCUT2D eigenvalue weighted by atomic mass is 9.99. The highest BCUT2D eigenvalue weighted by Gasteiger charge is 2.27. The zero-order chi connectivity index (χ0) is 21.9. The average molecular weight is 451 g/mol. The molecule has 2 aliphatic heterocycles. The first-order valence-electron chi connectivity index (χ1n) is 11.2. The molecule has 1 fully saturated rings. The molecule has 0 atom stereocenters. The number of pyridine rings is 2. The van der Waals surface area contributed by atoms with Crippen molar-refractivity contribution in [3.8, 4) is 11.1 Å². The molecule has 0 spiro atoms. The molecule has 5 rings (SSSR count). The Bertz CT molecular complexity index is 1140. The standard InChI is InChI=1S/C23H26N6O2S/c30-22-19(17-4-7-24-8-5-17)14-18-16-28(23(31)20-15-25-32-26-20)11-6-21(18)29(22)13-12-27-9-2-1-3-10-27/h4-5,7-8,14-15H,1-3,6,9-13,16H2. The van der Waals surface area contributed by atoms with Crippen molar-refractivity contribution in [3.05, 3.63) is 64.1 Å². The summed E-state index contributed by atoms with van der Waals surface area (Å²) in [6, 6.07) is 5.69. The van der Waals surface area contributed by atoms with Crippen LogP contribution in [0.3, 0.4) is 0 Å². The molecule has 5 heterocycles. The molecule has 3 aromatic heterocycles. The summed E-state index contributed by atoms with van der Waals surface area (Å²) in [6.07, 6.45) is 9.34. The number of likely N-dealkylation sites (tertiary alicyclic amines) is 1. The van der Waals surface area contributed by atoms with E-state index in [1.807, 2.05) is 22.8 Å². The van der Waals surface area contributed by atoms with Gasteiger partial charge in [0.1, 0.15) is 0 Å². The van der Waals surface area contributed by atoms with Gasteiger partial charge in [0.15, 0.2) is 5.69 Å². The summed E-state index contributed by atoms with van der Waals surface area (Å²) < 4.78 is 10.0. The van der Waals surface area contributed by atoms with Crippen LogP contribution in [0.5, 0.6) is 0 Å². The highest BCUT2D eigenvalue weighted by Crippen LogP contribution is 2.24. The smallest absolute Gasteiger partial charge is 0.275 e. The van der Waals surface area contributed by atoms with E-state index >= 15 is 0 Å². The maximum absolute atomic E-state index is 13.5. The summed E-state index contributed by atoms with van der Waals surface area (Å²) in [5, 5.41) is 0. The van der Waals surface area contributed by atoms with E-state index in [4.69, 9.17) is 0 Å². The molecular weight excluding hydrogens is 424 g/mol. The van der Waals surface area contributed by atoms with E-state index in [0.29, 0.717) is 37.3 Å². The van der Waals surface area contributed by atoms with E-state index in [2.05, 4.69) is 18.6 Å². The van der Waals surface area contributed by atoms with Gasteiger partial charge in [-0.15, -0.1) is 0 Å². The van der Waals surface area contributed by atoms with Crippen LogP contribution < -0.4 is 5.56 Å². The molecule has 32 heavy (non-hydrogen) atoms. The number of aromatic nitrogens is 4. The Morgan fingerprint density at radius 1 is 1.06 bits per heavy atom. The molecule has 0 aromatic carbocycles. The molecule has 9 heteroatoms. The summed E-state index contributed by atoms with van der Waals surface area (Å²) in [5.41, 5.74) is 4.01. The summed E-state index contributed by atoms with van der Waals surface area (Å²) in [6.45, 7) is 4.79. The number of hydrogen-bond donors (Lipinski definition) is 0. The van der Waals surface area contributed by atoms with Crippen molar-refractivity contribution < 1.29 is 4.79 Å². The molecule has 1 amide bonds. The van der Waals surface area contributed by atoms with Gasteiger partial charge >= 0.3 is 0 Å². The van der Waals surface area contributed by atoms with Crippen molar-refractivity contribution in [2.24, 2.45) is 0 Å². The largest absolute Gasteiger partial charge is 0.332 e. The molecule has 0 bridgehead atoms. The number of carbonyl (C=O) groups excluding carboxylic acids is 1. The first-order valence-corrected chi connectivity index (χ1v) is 11.9. The number of amides is 1. The lowest BCUT2D eigenvalue weighted by Crippen LogP contribution is -2.41. The Kier molecular flexibility index (Phi) is 6.09. The Labute approximate surface area is 190 Å². The van der Waals surface area contributed by atoms with Gasteiger partial charge in [-0.3, -0.25) is 14.6 Å². The quantitative estimate of drug-likeness (QED) is 0.594. The van der Waals surface area contributed by atoms with Crippen LogP contribution in [0, 0.1) is 0 Å². The normalized spacial score (nSPS) is 16.7. The van der Waals surface area contributed by atoms with Gasteiger partial charge in [0.2, 0.25) is 0 Å². The lowest BCUT2D eigenvalue weighted by molar-refractivity contribution is 0.0727. The summed E-state index contributed by atoms with van der Waals surface area (Å²) in [7, 11) is 0. The van der Waals surface area contributed by atoms with Gasteiger partial charge in [0.25, 0.3) is 11.5 Å². The number of piperidine rings is 1. The van der Waals surface area contributed by atoms with Crippen LogP contribution >= 0.6 is 11.7 Å². The van der Waals surface area contributed by atoms with Crippen LogP contribution in [0.2, 0.25) is 0 Å². The Balaban J connectivity index is 1.49. The van der Waals surface area contributed by atoms with Gasteiger partial charge in [0, 0.05) is 56.3 Å². The molecule has 1 saturated heterocycles. The maximum Gasteiger partial charge on any atom is 0.275 e. The van der Waals surface area contributed by atoms with Crippen LogP contribution in [0.4, 0.5) is 0 Å². The van der Waals surface area contributed by atoms with Gasteiger partial charge in [0.05, 0.1) is 17.9 Å². The zero-order valence-electron chi connectivity index (χ0n) is 17.9. The first-order chi connectivity index (χ1) is 15.7. The van der Waals surface area contributed by atoms with Crippen molar-refractivity contribution >= 4 is 17.6 Å². The monoisotopic (exact) mass is 450 g/mol. The van der Waals surface area contributed by atoms with E-state index in [0.717, 1.165) is 48.2 Å². The third-order valence-corrected chi connectivity index (χ3v) is 6.90. The van der Waals surface area contributed by atoms with Crippen molar-refractivity contribution in [3.63, 3.8) is 0 Å². The lowest BCUT2D eigenvalue weighted by Gasteiger charge is -2.32. The Morgan fingerprint density at radius 2 is 1.88 bits per heavy atom. The number of nitrogens with zero attached hydrogens (tertiary/aromatic N) is 6. The topological polar surface area (TPSA) is 84.2 Å². The van der Waals surface area contributed by atoms with Gasteiger partial charge in [-0.05, 0) is 55.3 Å². The molecule has 0 saturated carbocycles. The second kappa shape index (κ2) is 9.30. The third kappa shape index (κ3) is 4.22. The van der Waals surface area contributed by atoms with E-state index in [-0.39, 0.29) is 11.5 Å². The molecule has 0 aliphatic carbocycles. The average Bonchev–Trinajstić information content (AvgIpc) is 3.39. The third-order valence-electron chi connectivity index (χ3n) is 6.42. The predicted octanol–water partition coefficient (Wildman–Crippen LogP) is 2.45. The minimum Gasteiger partial charge on any atom is -0.332 e. The van der Waals surface area contributed by atoms with Crippen LogP contribution in [-0.4, -0.2) is 60.2 Å². The molecule has 3 aromatic rings. The second-order valence-electron chi connectivity index (χ2n) is 8.39. The number of carbonyl (C=O) groups is 1. The van der Waals surface area contributed by atoms with E-state index in [1.165, 1.54) is 25.5 Å². The summed E-state index contributed by atoms with van der Waals surface area (Å²) in [4.78, 5) is 34.7. The molecule has 166 valence electrons. The van der Waals surface area contributed by atoms with Crippen molar-refractivity contribution in [1.29, 1.82) is 0 Å². The summed E-state index contributed by atoms with van der Waals surface area (Å²) >= 11 is 1.04. The predicted molar refractivity (Wildman–Crippen MR) is 123 cm³/mol. The van der Waals surface area contributed by atoms with Gasteiger partial charge in [-0.1, -0.05) is 6.42 Å². The van der Waals surface area contributed by atoms with E-state index in [1.54, 1.807) is 17.3 Å². The fourth-order valence-electron chi connectivity index (χ4n) is 4.71. The molecule has 0 unspecified atom stereocenters. The maximum atomic E-state index is 13.5. The fraction of sp³-hybridized carbons (Fsp3) is 0.435. The highest BCUT2D eigenvalue weighted by molar-refractivity contribution is 6.99. The van der Waals surface area contributed by atoms with Crippen LogP contribution in [-0.2, 0) is 19.5 Å². The summed E-state index contributed by atoms with van der Waals surface area (Å²) in [5.74, 6) is -0.110. The highest BCUT2D eigenvalue weighted by atomic mass is 32.1. The Hall–Kier alpha value is -2.91. The molecule has 2 aliphatic rings. The van der Waals surface area contributed by atoms with E-state index < -0.39 is 0 Å². The number of hydrogen-bond acceptors (Lipinski definition) is 7. The van der Waals surface area contributed by atoms with Crippen molar-refractivity contribution in [1.82, 2.24) is 28.1 Å². The van der Waals surface area contributed by atoms with Crippen LogP contribution in [0.15, 0.2) is 41.6 Å². The second-order valence-corrected chi connectivity index (χ2v) is 8.95.